The minimum Gasteiger partial charge on any atom is -0.324 e. The molecule has 1 aromatic heterocycles. The summed E-state index contributed by atoms with van der Waals surface area (Å²) in [7, 11) is -3.49. The maximum absolute atomic E-state index is 12.1. The number of anilines is 1. The highest BCUT2D eigenvalue weighted by atomic mass is 32.2. The predicted octanol–water partition coefficient (Wildman–Crippen LogP) is 1.82. The van der Waals surface area contributed by atoms with Crippen LogP contribution in [0.3, 0.4) is 0 Å². The molecule has 0 amide bonds. The van der Waals surface area contributed by atoms with Gasteiger partial charge in [0.05, 0.1) is 4.90 Å². The molecule has 0 fully saturated rings. The summed E-state index contributed by atoms with van der Waals surface area (Å²) in [5.41, 5.74) is 5.20. The first-order valence-corrected chi connectivity index (χ1v) is 8.03. The van der Waals surface area contributed by atoms with Crippen LogP contribution in [0.15, 0.2) is 39.9 Å². The maximum atomic E-state index is 12.1. The van der Waals surface area contributed by atoms with Gasteiger partial charge in [0.2, 0.25) is 10.0 Å². The first-order chi connectivity index (χ1) is 9.03. The molecule has 0 spiro atoms. The van der Waals surface area contributed by atoms with E-state index in [1.807, 2.05) is 17.7 Å². The van der Waals surface area contributed by atoms with Crippen LogP contribution >= 0.6 is 11.3 Å². The summed E-state index contributed by atoms with van der Waals surface area (Å²) >= 11 is 1.56. The van der Waals surface area contributed by atoms with Crippen molar-refractivity contribution < 1.29 is 8.42 Å². The quantitative estimate of drug-likeness (QED) is 0.580. The SMILES string of the molecule is Cc1cscc1CNS(=O)(=O)c1ccc(NN)cc1. The summed E-state index contributed by atoms with van der Waals surface area (Å²) in [5.74, 6) is 5.23. The zero-order valence-corrected chi connectivity index (χ0v) is 12.0. The Morgan fingerprint density at radius 2 is 1.89 bits per heavy atom. The Bertz CT molecular complexity index is 648. The number of nitrogen functional groups attached to an aromatic ring is 1. The molecule has 0 saturated heterocycles. The molecule has 0 aliphatic rings. The lowest BCUT2D eigenvalue weighted by Gasteiger charge is -2.07. The van der Waals surface area contributed by atoms with Crippen molar-refractivity contribution in [3.8, 4) is 0 Å². The van der Waals surface area contributed by atoms with Gasteiger partial charge in [0.15, 0.2) is 0 Å². The topological polar surface area (TPSA) is 84.2 Å². The highest BCUT2D eigenvalue weighted by Crippen LogP contribution is 2.16. The van der Waals surface area contributed by atoms with Crippen LogP contribution in [0.5, 0.6) is 0 Å². The lowest BCUT2D eigenvalue weighted by molar-refractivity contribution is 0.581. The summed E-state index contributed by atoms with van der Waals surface area (Å²) < 4.78 is 26.7. The largest absolute Gasteiger partial charge is 0.324 e. The molecule has 0 bridgehead atoms. The summed E-state index contributed by atoms with van der Waals surface area (Å²) in [4.78, 5) is 0.222. The van der Waals surface area contributed by atoms with Crippen molar-refractivity contribution in [2.75, 3.05) is 5.43 Å². The Morgan fingerprint density at radius 1 is 1.21 bits per heavy atom. The fraction of sp³-hybridized carbons (Fsp3) is 0.167. The van der Waals surface area contributed by atoms with E-state index in [0.29, 0.717) is 12.2 Å². The van der Waals surface area contributed by atoms with E-state index in [1.165, 1.54) is 12.1 Å². The molecular formula is C12H15N3O2S2. The maximum Gasteiger partial charge on any atom is 0.240 e. The van der Waals surface area contributed by atoms with Crippen molar-refractivity contribution in [2.24, 2.45) is 5.84 Å². The Balaban J connectivity index is 2.11. The van der Waals surface area contributed by atoms with Crippen molar-refractivity contribution in [1.82, 2.24) is 4.72 Å². The summed E-state index contributed by atoms with van der Waals surface area (Å²) in [6.45, 7) is 2.26. The third-order valence-corrected chi connectivity index (χ3v) is 5.07. The molecule has 1 aromatic carbocycles. The number of aryl methyl sites for hydroxylation is 1. The number of hydrazine groups is 1. The van der Waals surface area contributed by atoms with E-state index in [1.54, 1.807) is 23.5 Å². The molecule has 2 rings (SSSR count). The van der Waals surface area contributed by atoms with Gasteiger partial charge in [-0.3, -0.25) is 5.84 Å². The predicted molar refractivity (Wildman–Crippen MR) is 77.3 cm³/mol. The van der Waals surface area contributed by atoms with Crippen LogP contribution < -0.4 is 16.0 Å². The molecule has 0 unspecified atom stereocenters. The second-order valence-electron chi connectivity index (χ2n) is 4.07. The molecule has 2 aromatic rings. The van der Waals surface area contributed by atoms with Gasteiger partial charge in [-0.15, -0.1) is 0 Å². The molecule has 102 valence electrons. The van der Waals surface area contributed by atoms with Gasteiger partial charge in [-0.25, -0.2) is 13.1 Å². The van der Waals surface area contributed by atoms with Gasteiger partial charge in [0, 0.05) is 12.2 Å². The van der Waals surface area contributed by atoms with Crippen molar-refractivity contribution >= 4 is 27.0 Å². The van der Waals surface area contributed by atoms with Crippen LogP contribution in [0.25, 0.3) is 0 Å². The number of rotatable bonds is 5. The zero-order valence-electron chi connectivity index (χ0n) is 10.4. The molecule has 5 nitrogen and oxygen atoms in total. The number of benzene rings is 1. The third kappa shape index (κ3) is 3.32. The minimum atomic E-state index is -3.49. The number of hydrogen-bond acceptors (Lipinski definition) is 5. The van der Waals surface area contributed by atoms with Gasteiger partial charge in [0.1, 0.15) is 0 Å². The first-order valence-electron chi connectivity index (χ1n) is 5.61. The van der Waals surface area contributed by atoms with Crippen molar-refractivity contribution in [3.05, 3.63) is 46.2 Å². The van der Waals surface area contributed by atoms with E-state index >= 15 is 0 Å². The second-order valence-corrected chi connectivity index (χ2v) is 6.58. The van der Waals surface area contributed by atoms with Gasteiger partial charge < -0.3 is 5.43 Å². The molecule has 19 heavy (non-hydrogen) atoms. The highest BCUT2D eigenvalue weighted by Gasteiger charge is 2.14. The summed E-state index contributed by atoms with van der Waals surface area (Å²) in [6.07, 6.45) is 0. The van der Waals surface area contributed by atoms with Crippen molar-refractivity contribution in [2.45, 2.75) is 18.4 Å². The Kier molecular flexibility index (Phi) is 4.20. The van der Waals surface area contributed by atoms with Crippen LogP contribution in [-0.2, 0) is 16.6 Å². The Hall–Kier alpha value is -1.41. The summed E-state index contributed by atoms with van der Waals surface area (Å²) in [5, 5.41) is 3.94. The van der Waals surface area contributed by atoms with Crippen LogP contribution in [0.4, 0.5) is 5.69 Å². The van der Waals surface area contributed by atoms with E-state index in [0.717, 1.165) is 11.1 Å². The number of thiophene rings is 1. The minimum absolute atomic E-state index is 0.222. The average Bonchev–Trinajstić information content (AvgIpc) is 2.82. The van der Waals surface area contributed by atoms with E-state index in [2.05, 4.69) is 10.1 Å². The van der Waals surface area contributed by atoms with Crippen LogP contribution in [0.2, 0.25) is 0 Å². The van der Waals surface area contributed by atoms with Crippen LogP contribution in [0, 0.1) is 6.92 Å². The second kappa shape index (κ2) is 5.70. The normalized spacial score (nSPS) is 11.5. The summed E-state index contributed by atoms with van der Waals surface area (Å²) in [6, 6.07) is 6.25. The average molecular weight is 297 g/mol. The Morgan fingerprint density at radius 3 is 2.42 bits per heavy atom. The van der Waals surface area contributed by atoms with Gasteiger partial charge >= 0.3 is 0 Å². The van der Waals surface area contributed by atoms with E-state index in [-0.39, 0.29) is 4.90 Å². The van der Waals surface area contributed by atoms with E-state index in [9.17, 15) is 8.42 Å². The van der Waals surface area contributed by atoms with E-state index in [4.69, 9.17) is 5.84 Å². The van der Waals surface area contributed by atoms with Crippen molar-refractivity contribution in [3.63, 3.8) is 0 Å². The molecule has 7 heteroatoms. The smallest absolute Gasteiger partial charge is 0.240 e. The van der Waals surface area contributed by atoms with Gasteiger partial charge in [-0.2, -0.15) is 11.3 Å². The molecule has 0 atom stereocenters. The zero-order chi connectivity index (χ0) is 13.9. The molecule has 0 aliphatic carbocycles. The molecular weight excluding hydrogens is 282 g/mol. The number of nitrogens with one attached hydrogen (secondary N) is 2. The molecule has 4 N–H and O–H groups in total. The van der Waals surface area contributed by atoms with E-state index < -0.39 is 10.0 Å². The van der Waals surface area contributed by atoms with Crippen LogP contribution in [-0.4, -0.2) is 8.42 Å². The van der Waals surface area contributed by atoms with Crippen LogP contribution in [0.1, 0.15) is 11.1 Å². The monoisotopic (exact) mass is 297 g/mol. The third-order valence-electron chi connectivity index (χ3n) is 2.75. The fourth-order valence-corrected chi connectivity index (χ4v) is 3.42. The van der Waals surface area contributed by atoms with Gasteiger partial charge in [-0.1, -0.05) is 0 Å². The lowest BCUT2D eigenvalue weighted by atomic mass is 10.2. The fourth-order valence-electron chi connectivity index (χ4n) is 1.55. The number of sulfonamides is 1. The van der Waals surface area contributed by atoms with Gasteiger partial charge in [-0.05, 0) is 53.1 Å². The lowest BCUT2D eigenvalue weighted by Crippen LogP contribution is -2.23. The number of nitrogens with two attached hydrogens (primary N) is 1. The highest BCUT2D eigenvalue weighted by molar-refractivity contribution is 7.89. The molecule has 0 saturated carbocycles. The molecule has 1 heterocycles. The van der Waals surface area contributed by atoms with Crippen molar-refractivity contribution in [1.29, 1.82) is 0 Å². The molecule has 0 aliphatic heterocycles. The number of hydrogen-bond donors (Lipinski definition) is 3. The van der Waals surface area contributed by atoms with Gasteiger partial charge in [0.25, 0.3) is 0 Å². The standard InChI is InChI=1S/C12H15N3O2S2/c1-9-7-18-8-10(9)6-14-19(16,17)12-4-2-11(15-13)3-5-12/h2-5,7-8,14-15H,6,13H2,1H3. The first kappa shape index (κ1) is 14.0. The molecule has 0 radical (unpaired) electrons. The Labute approximate surface area is 116 Å².